The van der Waals surface area contributed by atoms with Gasteiger partial charge in [-0.1, -0.05) is 38.1 Å². The predicted octanol–water partition coefficient (Wildman–Crippen LogP) is 4.37. The molecule has 2 aromatic rings. The SMILES string of the molecule is Cc1cnc(-c2ccc([C@H](N[C@@H](CC(C)C)C(=O)NCC#N)C(F)(F)F)cc2)s1. The van der Waals surface area contributed by atoms with E-state index in [9.17, 15) is 18.0 Å². The van der Waals surface area contributed by atoms with Gasteiger partial charge in [-0.3, -0.25) is 10.1 Å². The van der Waals surface area contributed by atoms with Gasteiger partial charge in [0.1, 0.15) is 17.6 Å². The maximum atomic E-state index is 13.8. The van der Waals surface area contributed by atoms with Crippen molar-refractivity contribution in [1.82, 2.24) is 15.6 Å². The number of alkyl halides is 3. The van der Waals surface area contributed by atoms with Crippen molar-refractivity contribution >= 4 is 17.2 Å². The maximum Gasteiger partial charge on any atom is 0.407 e. The topological polar surface area (TPSA) is 77.8 Å². The maximum absolute atomic E-state index is 13.8. The second-order valence-corrected chi connectivity index (χ2v) is 8.33. The van der Waals surface area contributed by atoms with Crippen LogP contribution in [0.15, 0.2) is 30.5 Å². The third-order valence-corrected chi connectivity index (χ3v) is 5.13. The van der Waals surface area contributed by atoms with E-state index in [1.165, 1.54) is 23.5 Å². The van der Waals surface area contributed by atoms with E-state index < -0.39 is 24.2 Å². The molecule has 0 aliphatic heterocycles. The number of aromatic nitrogens is 1. The first kappa shape index (κ1) is 22.8. The number of amides is 1. The molecule has 1 amide bonds. The van der Waals surface area contributed by atoms with Crippen LogP contribution >= 0.6 is 11.3 Å². The summed E-state index contributed by atoms with van der Waals surface area (Å²) in [6.07, 6.45) is -2.67. The highest BCUT2D eigenvalue weighted by Gasteiger charge is 2.42. The number of rotatable bonds is 8. The molecule has 29 heavy (non-hydrogen) atoms. The smallest absolute Gasteiger partial charge is 0.342 e. The highest BCUT2D eigenvalue weighted by Crippen LogP contribution is 2.35. The number of hydrogen-bond acceptors (Lipinski definition) is 5. The third kappa shape index (κ3) is 6.54. The Bertz CT molecular complexity index is 856. The van der Waals surface area contributed by atoms with Crippen molar-refractivity contribution in [1.29, 1.82) is 5.26 Å². The molecule has 0 aliphatic carbocycles. The average molecular weight is 424 g/mol. The van der Waals surface area contributed by atoms with Crippen molar-refractivity contribution in [3.05, 3.63) is 40.9 Å². The van der Waals surface area contributed by atoms with Crippen LogP contribution in [0.3, 0.4) is 0 Å². The van der Waals surface area contributed by atoms with Crippen molar-refractivity contribution in [2.24, 2.45) is 5.92 Å². The fourth-order valence-electron chi connectivity index (χ4n) is 2.86. The van der Waals surface area contributed by atoms with Crippen LogP contribution in [0, 0.1) is 24.2 Å². The Hall–Kier alpha value is -2.44. The normalized spacial score (nSPS) is 13.7. The molecular formula is C20H23F3N4OS. The molecule has 0 spiro atoms. The van der Waals surface area contributed by atoms with Gasteiger partial charge in [-0.15, -0.1) is 11.3 Å². The van der Waals surface area contributed by atoms with Crippen LogP contribution < -0.4 is 10.6 Å². The monoisotopic (exact) mass is 424 g/mol. The Kier molecular flexibility index (Phi) is 7.76. The summed E-state index contributed by atoms with van der Waals surface area (Å²) in [7, 11) is 0. The van der Waals surface area contributed by atoms with E-state index in [0.29, 0.717) is 0 Å². The van der Waals surface area contributed by atoms with Crippen LogP contribution in [-0.4, -0.2) is 29.7 Å². The van der Waals surface area contributed by atoms with Gasteiger partial charge < -0.3 is 5.32 Å². The van der Waals surface area contributed by atoms with Gasteiger partial charge in [0.2, 0.25) is 5.91 Å². The van der Waals surface area contributed by atoms with Gasteiger partial charge in [0, 0.05) is 16.6 Å². The number of aryl methyl sites for hydroxylation is 1. The minimum absolute atomic E-state index is 0.00950. The van der Waals surface area contributed by atoms with Gasteiger partial charge in [-0.25, -0.2) is 4.98 Å². The highest BCUT2D eigenvalue weighted by molar-refractivity contribution is 7.14. The molecule has 1 aromatic heterocycles. The van der Waals surface area contributed by atoms with E-state index in [1.54, 1.807) is 24.4 Å². The first-order valence-corrected chi connectivity index (χ1v) is 9.93. The molecule has 1 heterocycles. The van der Waals surface area contributed by atoms with Crippen molar-refractivity contribution < 1.29 is 18.0 Å². The molecule has 156 valence electrons. The van der Waals surface area contributed by atoms with Crippen LogP contribution in [0.2, 0.25) is 0 Å². The summed E-state index contributed by atoms with van der Waals surface area (Å²) in [4.78, 5) is 17.5. The molecule has 2 rings (SSSR count). The first-order valence-electron chi connectivity index (χ1n) is 9.12. The number of benzene rings is 1. The summed E-state index contributed by atoms with van der Waals surface area (Å²) in [6, 6.07) is 4.67. The summed E-state index contributed by atoms with van der Waals surface area (Å²) >= 11 is 1.46. The van der Waals surface area contributed by atoms with Crippen LogP contribution in [-0.2, 0) is 4.79 Å². The average Bonchev–Trinajstić information content (AvgIpc) is 3.08. The number of nitriles is 1. The van der Waals surface area contributed by atoms with Crippen LogP contribution in [0.4, 0.5) is 13.2 Å². The Labute approximate surface area is 172 Å². The minimum atomic E-state index is -4.59. The number of thiazole rings is 1. The van der Waals surface area contributed by atoms with Gasteiger partial charge in [0.05, 0.1) is 12.1 Å². The van der Waals surface area contributed by atoms with Gasteiger partial charge in [0.15, 0.2) is 0 Å². The molecular weight excluding hydrogens is 401 g/mol. The van der Waals surface area contributed by atoms with E-state index >= 15 is 0 Å². The standard InChI is InChI=1S/C20H23F3N4OS/c1-12(2)10-16(18(28)25-9-8-24)27-17(20(21,22)23)14-4-6-15(7-5-14)19-26-11-13(3)29-19/h4-7,11-12,16-17,27H,9-10H2,1-3H3,(H,25,28)/t16-,17-/m0/s1. The zero-order chi connectivity index (χ0) is 21.6. The molecule has 0 fully saturated rings. The Morgan fingerprint density at radius 1 is 1.28 bits per heavy atom. The molecule has 0 saturated heterocycles. The van der Waals surface area contributed by atoms with Gasteiger partial charge >= 0.3 is 6.18 Å². The summed E-state index contributed by atoms with van der Waals surface area (Å²) in [6.45, 7) is 5.29. The molecule has 2 N–H and O–H groups in total. The van der Waals surface area contributed by atoms with E-state index in [-0.39, 0.29) is 24.4 Å². The molecule has 5 nitrogen and oxygen atoms in total. The fourth-order valence-corrected chi connectivity index (χ4v) is 3.63. The lowest BCUT2D eigenvalue weighted by atomic mass is 9.99. The zero-order valence-electron chi connectivity index (χ0n) is 16.4. The summed E-state index contributed by atoms with van der Waals surface area (Å²) < 4.78 is 41.4. The van der Waals surface area contributed by atoms with Crippen molar-refractivity contribution in [3.8, 4) is 16.6 Å². The van der Waals surface area contributed by atoms with E-state index in [4.69, 9.17) is 5.26 Å². The second kappa shape index (κ2) is 9.85. The van der Waals surface area contributed by atoms with Gasteiger partial charge in [0.25, 0.3) is 0 Å². The Morgan fingerprint density at radius 3 is 2.41 bits per heavy atom. The molecule has 0 bridgehead atoms. The van der Waals surface area contributed by atoms with Crippen LogP contribution in [0.25, 0.3) is 10.6 Å². The van der Waals surface area contributed by atoms with E-state index in [0.717, 1.165) is 15.4 Å². The summed E-state index contributed by atoms with van der Waals surface area (Å²) in [5.74, 6) is -0.630. The van der Waals surface area contributed by atoms with Crippen LogP contribution in [0.5, 0.6) is 0 Å². The van der Waals surface area contributed by atoms with Gasteiger partial charge in [-0.05, 0) is 24.8 Å². The predicted molar refractivity (Wildman–Crippen MR) is 106 cm³/mol. The lowest BCUT2D eigenvalue weighted by Crippen LogP contribution is -2.49. The second-order valence-electron chi connectivity index (χ2n) is 7.10. The fraction of sp³-hybridized carbons (Fsp3) is 0.450. The van der Waals surface area contributed by atoms with E-state index in [1.807, 2.05) is 20.8 Å². The number of nitrogens with one attached hydrogen (secondary N) is 2. The summed E-state index contributed by atoms with van der Waals surface area (Å²) in [5.41, 5.74) is 0.745. The zero-order valence-corrected chi connectivity index (χ0v) is 17.2. The van der Waals surface area contributed by atoms with Crippen LogP contribution in [0.1, 0.15) is 36.8 Å². The van der Waals surface area contributed by atoms with Crippen molar-refractivity contribution in [2.75, 3.05) is 6.54 Å². The minimum Gasteiger partial charge on any atom is -0.342 e. The van der Waals surface area contributed by atoms with Crippen molar-refractivity contribution in [3.63, 3.8) is 0 Å². The number of nitrogens with zero attached hydrogens (tertiary/aromatic N) is 2. The number of hydrogen-bond donors (Lipinski definition) is 2. The molecule has 0 radical (unpaired) electrons. The molecule has 0 unspecified atom stereocenters. The molecule has 0 saturated carbocycles. The first-order chi connectivity index (χ1) is 13.6. The molecule has 2 atom stereocenters. The lowest BCUT2D eigenvalue weighted by Gasteiger charge is -2.28. The third-order valence-electron chi connectivity index (χ3n) is 4.17. The van der Waals surface area contributed by atoms with Crippen molar-refractivity contribution in [2.45, 2.75) is 45.5 Å². The highest BCUT2D eigenvalue weighted by atomic mass is 32.1. The largest absolute Gasteiger partial charge is 0.407 e. The number of carbonyl (C=O) groups is 1. The van der Waals surface area contributed by atoms with Gasteiger partial charge in [-0.2, -0.15) is 18.4 Å². The number of halogens is 3. The Morgan fingerprint density at radius 2 is 1.93 bits per heavy atom. The number of carbonyl (C=O) groups excluding carboxylic acids is 1. The quantitative estimate of drug-likeness (QED) is 0.617. The Balaban J connectivity index is 2.27. The molecule has 9 heteroatoms. The molecule has 1 aromatic carbocycles. The summed E-state index contributed by atoms with van der Waals surface area (Å²) in [5, 5.41) is 14.2. The molecule has 0 aliphatic rings. The lowest BCUT2D eigenvalue weighted by molar-refractivity contribution is -0.161. The van der Waals surface area contributed by atoms with E-state index in [2.05, 4.69) is 15.6 Å².